The molecule has 1 aromatic carbocycles. The number of aryl methyl sites for hydroxylation is 1. The van der Waals surface area contributed by atoms with Gasteiger partial charge in [-0.25, -0.2) is 4.79 Å². The van der Waals surface area contributed by atoms with Crippen molar-refractivity contribution in [3.8, 4) is 17.1 Å². The number of nitrogens with zero attached hydrogens (tertiary/aromatic N) is 2. The number of carbonyl (C=O) groups excluding carboxylic acids is 1. The fourth-order valence-corrected chi connectivity index (χ4v) is 4.56. The van der Waals surface area contributed by atoms with E-state index in [0.29, 0.717) is 43.6 Å². The van der Waals surface area contributed by atoms with Crippen LogP contribution in [0.15, 0.2) is 39.9 Å². The Balaban J connectivity index is 1.32. The SMILES string of the molecule is Cc1ccccc1-c1cc(C(=O)N2CCC[C@]3(CC2)Cc2c([nH]c(=O)[nH]c2=O)O3)[nH]n1. The number of ether oxygens (including phenoxy) is 1. The van der Waals surface area contributed by atoms with Crippen molar-refractivity contribution in [3.63, 3.8) is 0 Å². The van der Waals surface area contributed by atoms with E-state index >= 15 is 0 Å². The molecular formula is C22H23N5O4. The second-order valence-corrected chi connectivity index (χ2v) is 8.31. The summed E-state index contributed by atoms with van der Waals surface area (Å²) >= 11 is 0. The zero-order valence-corrected chi connectivity index (χ0v) is 17.2. The monoisotopic (exact) mass is 421 g/mol. The predicted octanol–water partition coefficient (Wildman–Crippen LogP) is 1.76. The minimum Gasteiger partial charge on any atom is -0.471 e. The number of hydrogen-bond donors (Lipinski definition) is 3. The lowest BCUT2D eigenvalue weighted by molar-refractivity contribution is 0.0654. The summed E-state index contributed by atoms with van der Waals surface area (Å²) in [5, 5.41) is 7.21. The molecular weight excluding hydrogens is 398 g/mol. The molecule has 160 valence electrons. The van der Waals surface area contributed by atoms with Crippen LogP contribution in [0.3, 0.4) is 0 Å². The minimum atomic E-state index is -0.574. The molecule has 0 saturated carbocycles. The van der Waals surface area contributed by atoms with E-state index in [1.807, 2.05) is 31.2 Å². The van der Waals surface area contributed by atoms with Crippen LogP contribution in [0.5, 0.6) is 5.88 Å². The molecule has 5 rings (SSSR count). The Labute approximate surface area is 177 Å². The van der Waals surface area contributed by atoms with Crippen molar-refractivity contribution >= 4 is 5.91 Å². The molecule has 0 unspecified atom stereocenters. The van der Waals surface area contributed by atoms with Crippen molar-refractivity contribution in [1.82, 2.24) is 25.1 Å². The molecule has 1 amide bonds. The van der Waals surface area contributed by atoms with Gasteiger partial charge < -0.3 is 9.64 Å². The lowest BCUT2D eigenvalue weighted by Gasteiger charge is -2.27. The zero-order chi connectivity index (χ0) is 21.6. The lowest BCUT2D eigenvalue weighted by Crippen LogP contribution is -2.37. The van der Waals surface area contributed by atoms with Gasteiger partial charge in [-0.1, -0.05) is 24.3 Å². The highest BCUT2D eigenvalue weighted by atomic mass is 16.5. The van der Waals surface area contributed by atoms with E-state index < -0.39 is 16.9 Å². The highest BCUT2D eigenvalue weighted by Gasteiger charge is 2.43. The van der Waals surface area contributed by atoms with Crippen LogP contribution in [0.25, 0.3) is 11.3 Å². The summed E-state index contributed by atoms with van der Waals surface area (Å²) in [5.41, 5.74) is 2.19. The first-order valence-electron chi connectivity index (χ1n) is 10.4. The van der Waals surface area contributed by atoms with Crippen molar-refractivity contribution in [2.24, 2.45) is 0 Å². The minimum absolute atomic E-state index is 0.105. The van der Waals surface area contributed by atoms with E-state index in [-0.39, 0.29) is 11.8 Å². The molecule has 0 bridgehead atoms. The fourth-order valence-electron chi connectivity index (χ4n) is 4.56. The molecule has 3 aromatic rings. The quantitative estimate of drug-likeness (QED) is 0.582. The predicted molar refractivity (Wildman–Crippen MR) is 113 cm³/mol. The van der Waals surface area contributed by atoms with Gasteiger partial charge in [0.05, 0.1) is 11.3 Å². The number of nitrogens with one attached hydrogen (secondary N) is 3. The summed E-state index contributed by atoms with van der Waals surface area (Å²) in [6.07, 6.45) is 2.44. The fraction of sp³-hybridized carbons (Fsp3) is 0.364. The van der Waals surface area contributed by atoms with Gasteiger partial charge in [-0.2, -0.15) is 5.10 Å². The molecule has 2 aliphatic rings. The van der Waals surface area contributed by atoms with Crippen molar-refractivity contribution in [3.05, 3.63) is 68.0 Å². The Morgan fingerprint density at radius 2 is 2.00 bits per heavy atom. The number of aromatic nitrogens is 4. The van der Waals surface area contributed by atoms with Crippen molar-refractivity contribution in [1.29, 1.82) is 0 Å². The van der Waals surface area contributed by atoms with Crippen LogP contribution in [0.1, 0.15) is 40.9 Å². The van der Waals surface area contributed by atoms with Gasteiger partial charge in [0.25, 0.3) is 11.5 Å². The molecule has 1 spiro atoms. The van der Waals surface area contributed by atoms with E-state index in [4.69, 9.17) is 4.74 Å². The third-order valence-corrected chi connectivity index (χ3v) is 6.23. The second-order valence-electron chi connectivity index (χ2n) is 8.31. The lowest BCUT2D eigenvalue weighted by atomic mass is 9.90. The number of carbonyl (C=O) groups is 1. The van der Waals surface area contributed by atoms with Crippen molar-refractivity contribution in [2.75, 3.05) is 13.1 Å². The van der Waals surface area contributed by atoms with E-state index in [0.717, 1.165) is 23.2 Å². The standard InChI is InChI=1S/C22H23N5O4/c1-13-5-2-3-6-14(13)16-11-17(26-25-16)20(29)27-9-4-7-22(8-10-27)12-15-18(28)23-21(30)24-19(15)31-22/h2-3,5-6,11H,4,7-10,12H2,1H3,(H,25,26)(H2,23,24,28,30)/t22-/m0/s1. The van der Waals surface area contributed by atoms with Crippen LogP contribution >= 0.6 is 0 Å². The number of fused-ring (bicyclic) bond motifs is 1. The average Bonchev–Trinajstić information content (AvgIpc) is 3.30. The van der Waals surface area contributed by atoms with Gasteiger partial charge in [0.1, 0.15) is 11.3 Å². The molecule has 1 saturated heterocycles. The molecule has 3 N–H and O–H groups in total. The second kappa shape index (κ2) is 7.26. The number of likely N-dealkylation sites (tertiary alicyclic amines) is 1. The van der Waals surface area contributed by atoms with Crippen LogP contribution in [-0.4, -0.2) is 49.7 Å². The van der Waals surface area contributed by atoms with E-state index in [1.165, 1.54) is 0 Å². The zero-order valence-electron chi connectivity index (χ0n) is 17.2. The average molecular weight is 421 g/mol. The molecule has 4 heterocycles. The van der Waals surface area contributed by atoms with E-state index in [2.05, 4.69) is 20.2 Å². The summed E-state index contributed by atoms with van der Waals surface area (Å²) in [5.74, 6) is 0.149. The van der Waals surface area contributed by atoms with E-state index in [9.17, 15) is 14.4 Å². The van der Waals surface area contributed by atoms with Gasteiger partial charge in [0.2, 0.25) is 5.88 Å². The Morgan fingerprint density at radius 1 is 1.16 bits per heavy atom. The molecule has 1 fully saturated rings. The summed E-state index contributed by atoms with van der Waals surface area (Å²) in [7, 11) is 0. The molecule has 9 nitrogen and oxygen atoms in total. The third-order valence-electron chi connectivity index (χ3n) is 6.23. The summed E-state index contributed by atoms with van der Waals surface area (Å²) in [4.78, 5) is 43.4. The number of hydrogen-bond acceptors (Lipinski definition) is 5. The highest BCUT2D eigenvalue weighted by Crippen LogP contribution is 2.38. The van der Waals surface area contributed by atoms with Gasteiger partial charge in [0.15, 0.2) is 0 Å². The molecule has 0 radical (unpaired) electrons. The van der Waals surface area contributed by atoms with Gasteiger partial charge in [-0.05, 0) is 31.4 Å². The number of benzene rings is 1. The van der Waals surface area contributed by atoms with Crippen LogP contribution in [0, 0.1) is 6.92 Å². The van der Waals surface area contributed by atoms with Gasteiger partial charge in [-0.3, -0.25) is 24.7 Å². The van der Waals surface area contributed by atoms with Gasteiger partial charge in [-0.15, -0.1) is 0 Å². The maximum Gasteiger partial charge on any atom is 0.328 e. The normalized spacial score (nSPS) is 20.4. The molecule has 31 heavy (non-hydrogen) atoms. The number of H-pyrrole nitrogens is 3. The summed E-state index contributed by atoms with van der Waals surface area (Å²) < 4.78 is 6.05. The van der Waals surface area contributed by atoms with Crippen molar-refractivity contribution in [2.45, 2.75) is 38.2 Å². The topological polar surface area (TPSA) is 124 Å². The Bertz CT molecular complexity index is 1270. The first kappa shape index (κ1) is 19.3. The molecule has 9 heteroatoms. The summed E-state index contributed by atoms with van der Waals surface area (Å²) in [6, 6.07) is 9.70. The third kappa shape index (κ3) is 3.45. The van der Waals surface area contributed by atoms with Crippen molar-refractivity contribution < 1.29 is 9.53 Å². The Kier molecular flexibility index (Phi) is 4.53. The number of rotatable bonds is 2. The first-order chi connectivity index (χ1) is 14.9. The van der Waals surface area contributed by atoms with Gasteiger partial charge >= 0.3 is 5.69 Å². The Morgan fingerprint density at radius 3 is 2.84 bits per heavy atom. The maximum atomic E-state index is 13.1. The molecule has 2 aliphatic heterocycles. The van der Waals surface area contributed by atoms with Crippen LogP contribution < -0.4 is 16.0 Å². The number of aromatic amines is 3. The molecule has 1 atom stereocenters. The first-order valence-corrected chi connectivity index (χ1v) is 10.4. The summed E-state index contributed by atoms with van der Waals surface area (Å²) in [6.45, 7) is 3.09. The van der Waals surface area contributed by atoms with E-state index in [1.54, 1.807) is 11.0 Å². The smallest absolute Gasteiger partial charge is 0.328 e. The highest BCUT2D eigenvalue weighted by molar-refractivity contribution is 5.93. The van der Waals surface area contributed by atoms with Gasteiger partial charge in [0, 0.05) is 31.5 Å². The number of amides is 1. The molecule has 2 aromatic heterocycles. The largest absolute Gasteiger partial charge is 0.471 e. The Hall–Kier alpha value is -3.62. The molecule has 0 aliphatic carbocycles. The maximum absolute atomic E-state index is 13.1. The van der Waals surface area contributed by atoms with Crippen LogP contribution in [-0.2, 0) is 6.42 Å². The van der Waals surface area contributed by atoms with Crippen LogP contribution in [0.4, 0.5) is 0 Å². The van der Waals surface area contributed by atoms with Crippen LogP contribution in [0.2, 0.25) is 0 Å².